The van der Waals surface area contributed by atoms with E-state index in [-0.39, 0.29) is 29.2 Å². The van der Waals surface area contributed by atoms with E-state index >= 15 is 0 Å². The Morgan fingerprint density at radius 1 is 1.29 bits per heavy atom. The van der Waals surface area contributed by atoms with Crippen LogP contribution in [0.3, 0.4) is 0 Å². The van der Waals surface area contributed by atoms with Crippen molar-refractivity contribution in [3.05, 3.63) is 0 Å². The lowest BCUT2D eigenvalue weighted by Crippen LogP contribution is -2.47. The molecule has 1 saturated heterocycles. The number of ketones is 1. The molecule has 96 valence electrons. The van der Waals surface area contributed by atoms with Gasteiger partial charge in [0.25, 0.3) is 0 Å². The Hall–Kier alpha value is -0.910. The summed E-state index contributed by atoms with van der Waals surface area (Å²) < 4.78 is 28.0. The number of sulfone groups is 1. The monoisotopic (exact) mass is 260 g/mol. The van der Waals surface area contributed by atoms with Gasteiger partial charge in [-0.3, -0.25) is 9.59 Å². The summed E-state index contributed by atoms with van der Waals surface area (Å²) in [4.78, 5) is 23.4. The number of Topliss-reactive ketones (excluding diaryl/α,β-unsaturated/α-hetero) is 1. The van der Waals surface area contributed by atoms with Gasteiger partial charge in [-0.25, -0.2) is 8.42 Å². The van der Waals surface area contributed by atoms with Crippen molar-refractivity contribution in [2.75, 3.05) is 18.1 Å². The molecule has 0 N–H and O–H groups in total. The lowest BCUT2D eigenvalue weighted by Gasteiger charge is -2.36. The number of hydrogen-bond donors (Lipinski definition) is 0. The second-order valence-electron chi connectivity index (χ2n) is 4.79. The van der Waals surface area contributed by atoms with Crippen LogP contribution in [0.4, 0.5) is 0 Å². The van der Waals surface area contributed by atoms with Crippen LogP contribution >= 0.6 is 0 Å². The summed E-state index contributed by atoms with van der Waals surface area (Å²) in [5.41, 5.74) is 0. The minimum absolute atomic E-state index is 0.0142. The van der Waals surface area contributed by atoms with Gasteiger partial charge in [-0.05, 0) is 19.8 Å². The number of fused-ring (bicyclic) bond motifs is 2. The van der Waals surface area contributed by atoms with Gasteiger partial charge in [0.05, 0.1) is 24.0 Å². The third-order valence-corrected chi connectivity index (χ3v) is 5.29. The highest BCUT2D eigenvalue weighted by Gasteiger charge is 2.46. The lowest BCUT2D eigenvalue weighted by molar-refractivity contribution is -0.151. The largest absolute Gasteiger partial charge is 0.466 e. The molecule has 2 atom stereocenters. The highest BCUT2D eigenvalue weighted by Crippen LogP contribution is 2.36. The number of carbonyl (C=O) groups excluding carboxylic acids is 2. The molecule has 2 aliphatic rings. The van der Waals surface area contributed by atoms with Gasteiger partial charge in [-0.2, -0.15) is 0 Å². The molecular formula is C11H16O5S. The molecular weight excluding hydrogens is 244 g/mol. The van der Waals surface area contributed by atoms with Crippen LogP contribution in [0, 0.1) is 17.8 Å². The van der Waals surface area contributed by atoms with Crippen molar-refractivity contribution in [1.29, 1.82) is 0 Å². The highest BCUT2D eigenvalue weighted by molar-refractivity contribution is 7.91. The number of ether oxygens (including phenoxy) is 1. The van der Waals surface area contributed by atoms with Crippen LogP contribution in [0.2, 0.25) is 0 Å². The molecule has 2 unspecified atom stereocenters. The van der Waals surface area contributed by atoms with E-state index in [0.29, 0.717) is 19.4 Å². The molecule has 0 radical (unpaired) electrons. The normalized spacial score (nSPS) is 35.4. The predicted molar refractivity (Wildman–Crippen MR) is 60.0 cm³/mol. The van der Waals surface area contributed by atoms with Gasteiger partial charge < -0.3 is 4.74 Å². The maximum Gasteiger partial charge on any atom is 0.308 e. The molecule has 6 heteroatoms. The second kappa shape index (κ2) is 4.40. The van der Waals surface area contributed by atoms with Crippen molar-refractivity contribution in [1.82, 2.24) is 0 Å². The van der Waals surface area contributed by atoms with Crippen LogP contribution in [0.15, 0.2) is 0 Å². The fourth-order valence-corrected chi connectivity index (χ4v) is 4.75. The van der Waals surface area contributed by atoms with Crippen molar-refractivity contribution < 1.29 is 22.7 Å². The Morgan fingerprint density at radius 2 is 1.82 bits per heavy atom. The van der Waals surface area contributed by atoms with Crippen molar-refractivity contribution in [2.24, 2.45) is 17.8 Å². The fourth-order valence-electron chi connectivity index (χ4n) is 2.78. The summed E-state index contributed by atoms with van der Waals surface area (Å²) in [5, 5.41) is 0. The van der Waals surface area contributed by atoms with Crippen LogP contribution in [0.25, 0.3) is 0 Å². The zero-order valence-electron chi connectivity index (χ0n) is 9.72. The Morgan fingerprint density at radius 3 is 2.29 bits per heavy atom. The summed E-state index contributed by atoms with van der Waals surface area (Å²) in [7, 11) is -3.11. The van der Waals surface area contributed by atoms with Gasteiger partial charge in [-0.1, -0.05) is 0 Å². The molecule has 2 fully saturated rings. The average molecular weight is 260 g/mol. The third-order valence-electron chi connectivity index (χ3n) is 3.47. The summed E-state index contributed by atoms with van der Waals surface area (Å²) in [6, 6.07) is 0. The predicted octanol–water partition coefficient (Wildman–Crippen LogP) is 0.189. The molecule has 2 rings (SSSR count). The first-order chi connectivity index (χ1) is 7.93. The molecule has 0 aromatic carbocycles. The van der Waals surface area contributed by atoms with Crippen LogP contribution < -0.4 is 0 Å². The van der Waals surface area contributed by atoms with E-state index in [4.69, 9.17) is 4.74 Å². The van der Waals surface area contributed by atoms with Crippen molar-refractivity contribution >= 4 is 21.6 Å². The summed E-state index contributed by atoms with van der Waals surface area (Å²) in [6.45, 7) is 2.05. The Balaban J connectivity index is 2.13. The van der Waals surface area contributed by atoms with Gasteiger partial charge in [0.1, 0.15) is 5.78 Å². The zero-order chi connectivity index (χ0) is 12.6. The molecule has 1 aliphatic carbocycles. The molecule has 0 spiro atoms. The van der Waals surface area contributed by atoms with E-state index in [1.165, 1.54) is 0 Å². The SMILES string of the molecule is CCOC(=O)C1CC2CS(=O)(=O)CC(C1)C2=O. The van der Waals surface area contributed by atoms with Crippen LogP contribution in [-0.4, -0.2) is 38.3 Å². The highest BCUT2D eigenvalue weighted by atomic mass is 32.2. The first-order valence-electron chi connectivity index (χ1n) is 5.83. The van der Waals surface area contributed by atoms with E-state index in [1.807, 2.05) is 0 Å². The van der Waals surface area contributed by atoms with Gasteiger partial charge in [0.2, 0.25) is 0 Å². The average Bonchev–Trinajstić information content (AvgIpc) is 2.20. The Bertz CT molecular complexity index is 415. The quantitative estimate of drug-likeness (QED) is 0.662. The number of rotatable bonds is 2. The summed E-state index contributed by atoms with van der Waals surface area (Å²) >= 11 is 0. The molecule has 1 heterocycles. The smallest absolute Gasteiger partial charge is 0.308 e. The number of hydrogen-bond acceptors (Lipinski definition) is 5. The Labute approximate surface area is 100 Å². The van der Waals surface area contributed by atoms with E-state index in [9.17, 15) is 18.0 Å². The molecule has 5 nitrogen and oxygen atoms in total. The van der Waals surface area contributed by atoms with Gasteiger partial charge >= 0.3 is 5.97 Å². The van der Waals surface area contributed by atoms with Crippen molar-refractivity contribution in [2.45, 2.75) is 19.8 Å². The van der Waals surface area contributed by atoms with Crippen LogP contribution in [-0.2, 0) is 24.2 Å². The van der Waals surface area contributed by atoms with Gasteiger partial charge in [0.15, 0.2) is 9.84 Å². The minimum atomic E-state index is -3.11. The maximum atomic E-state index is 11.8. The van der Waals surface area contributed by atoms with E-state index in [2.05, 4.69) is 0 Å². The minimum Gasteiger partial charge on any atom is -0.466 e. The molecule has 0 aromatic heterocycles. The molecule has 1 aliphatic heterocycles. The number of esters is 1. The molecule has 17 heavy (non-hydrogen) atoms. The zero-order valence-corrected chi connectivity index (χ0v) is 10.5. The van der Waals surface area contributed by atoms with Crippen LogP contribution in [0.5, 0.6) is 0 Å². The summed E-state index contributed by atoms with van der Waals surface area (Å²) in [5.74, 6) is -1.78. The van der Waals surface area contributed by atoms with Crippen molar-refractivity contribution in [3.63, 3.8) is 0 Å². The van der Waals surface area contributed by atoms with Gasteiger partial charge in [-0.15, -0.1) is 0 Å². The Kier molecular flexibility index (Phi) is 3.25. The van der Waals surface area contributed by atoms with E-state index in [1.54, 1.807) is 6.92 Å². The molecule has 1 saturated carbocycles. The topological polar surface area (TPSA) is 77.5 Å². The van der Waals surface area contributed by atoms with Gasteiger partial charge in [0, 0.05) is 11.8 Å². The number of carbonyl (C=O) groups is 2. The second-order valence-corrected chi connectivity index (χ2v) is 6.95. The maximum absolute atomic E-state index is 11.8. The first-order valence-corrected chi connectivity index (χ1v) is 7.66. The van der Waals surface area contributed by atoms with Crippen LogP contribution in [0.1, 0.15) is 19.8 Å². The van der Waals surface area contributed by atoms with E-state index in [0.717, 1.165) is 0 Å². The summed E-state index contributed by atoms with van der Waals surface area (Å²) in [6.07, 6.45) is 0.654. The molecule has 0 aromatic rings. The first kappa shape index (κ1) is 12.5. The molecule has 2 bridgehead atoms. The van der Waals surface area contributed by atoms with Crippen molar-refractivity contribution in [3.8, 4) is 0 Å². The standard InChI is InChI=1S/C11H16O5S/c1-2-16-11(13)7-3-8-5-17(14,15)6-9(4-7)10(8)12/h7-9H,2-6H2,1H3. The van der Waals surface area contributed by atoms with E-state index < -0.39 is 21.7 Å². The molecule has 0 amide bonds. The lowest BCUT2D eigenvalue weighted by atomic mass is 9.75. The third kappa shape index (κ3) is 2.51. The fraction of sp³-hybridized carbons (Fsp3) is 0.818.